The number of likely N-dealkylation sites (N-methyl/N-ethyl adjacent to an activating group) is 1. The Kier molecular flexibility index (Phi) is 5.49. The van der Waals surface area contributed by atoms with Gasteiger partial charge in [0.25, 0.3) is 0 Å². The molecule has 0 aromatic rings. The van der Waals surface area contributed by atoms with Crippen molar-refractivity contribution < 1.29 is 9.53 Å². The molecule has 2 atom stereocenters. The largest absolute Gasteiger partial charge is 0.444 e. The summed E-state index contributed by atoms with van der Waals surface area (Å²) in [5.74, 6) is 0.716. The maximum absolute atomic E-state index is 11.8. The first kappa shape index (κ1) is 16.6. The van der Waals surface area contributed by atoms with Gasteiger partial charge in [-0.05, 0) is 53.0 Å². The van der Waals surface area contributed by atoms with Gasteiger partial charge in [0.2, 0.25) is 0 Å². The summed E-state index contributed by atoms with van der Waals surface area (Å²) >= 11 is 0. The molecule has 1 aliphatic heterocycles. The number of nitrogens with one attached hydrogen (secondary N) is 1. The molecule has 5 heteroatoms. The standard InChI is InChI=1S/C16H31N3O2/c1-16(2,3)21-15(20)17-14-6-5-13(11-14)12-19-9-7-18(4)8-10-19/h13-14H,5-12H2,1-4H3,(H,17,20). The van der Waals surface area contributed by atoms with Gasteiger partial charge < -0.3 is 19.9 Å². The Balaban J connectivity index is 1.67. The molecule has 1 saturated carbocycles. The molecule has 0 aromatic heterocycles. The quantitative estimate of drug-likeness (QED) is 0.864. The van der Waals surface area contributed by atoms with E-state index in [0.717, 1.165) is 12.8 Å². The molecular formula is C16H31N3O2. The van der Waals surface area contributed by atoms with Gasteiger partial charge >= 0.3 is 6.09 Å². The van der Waals surface area contributed by atoms with Crippen LogP contribution in [0.5, 0.6) is 0 Å². The third-order valence-electron chi connectivity index (χ3n) is 4.37. The second kappa shape index (κ2) is 6.97. The fourth-order valence-electron chi connectivity index (χ4n) is 3.24. The smallest absolute Gasteiger partial charge is 0.407 e. The van der Waals surface area contributed by atoms with Crippen LogP contribution < -0.4 is 5.32 Å². The third kappa shape index (κ3) is 5.83. The van der Waals surface area contributed by atoms with Gasteiger partial charge in [-0.25, -0.2) is 4.79 Å². The van der Waals surface area contributed by atoms with Crippen molar-refractivity contribution in [3.8, 4) is 0 Å². The molecule has 2 unspecified atom stereocenters. The minimum absolute atomic E-state index is 0.271. The first-order chi connectivity index (χ1) is 9.82. The molecule has 5 nitrogen and oxygen atoms in total. The Morgan fingerprint density at radius 3 is 2.48 bits per heavy atom. The van der Waals surface area contributed by atoms with Crippen molar-refractivity contribution in [1.29, 1.82) is 0 Å². The molecule has 1 aliphatic carbocycles. The minimum Gasteiger partial charge on any atom is -0.444 e. The van der Waals surface area contributed by atoms with Crippen LogP contribution in [0.15, 0.2) is 0 Å². The number of piperazine rings is 1. The molecule has 0 spiro atoms. The monoisotopic (exact) mass is 297 g/mol. The predicted molar refractivity (Wildman–Crippen MR) is 84.4 cm³/mol. The first-order valence-electron chi connectivity index (χ1n) is 8.22. The molecule has 1 saturated heterocycles. The maximum Gasteiger partial charge on any atom is 0.407 e. The lowest BCUT2D eigenvalue weighted by Gasteiger charge is -2.33. The Hall–Kier alpha value is -0.810. The SMILES string of the molecule is CN1CCN(CC2CCC(NC(=O)OC(C)(C)C)C2)CC1. The third-order valence-corrected chi connectivity index (χ3v) is 4.37. The molecule has 0 aromatic carbocycles. The van der Waals surface area contributed by atoms with Gasteiger partial charge in [-0.1, -0.05) is 0 Å². The van der Waals surface area contributed by atoms with Crippen LogP contribution in [0.1, 0.15) is 40.0 Å². The van der Waals surface area contributed by atoms with E-state index in [9.17, 15) is 4.79 Å². The van der Waals surface area contributed by atoms with Crippen LogP contribution >= 0.6 is 0 Å². The van der Waals surface area contributed by atoms with Crippen molar-refractivity contribution in [2.24, 2.45) is 5.92 Å². The van der Waals surface area contributed by atoms with Gasteiger partial charge in [-0.15, -0.1) is 0 Å². The highest BCUT2D eigenvalue weighted by Crippen LogP contribution is 2.27. The van der Waals surface area contributed by atoms with Crippen LogP contribution in [0.3, 0.4) is 0 Å². The predicted octanol–water partition coefficient (Wildman–Crippen LogP) is 1.93. The van der Waals surface area contributed by atoms with Crippen molar-refractivity contribution in [3.63, 3.8) is 0 Å². The number of hydrogen-bond acceptors (Lipinski definition) is 4. The van der Waals surface area contributed by atoms with Crippen LogP contribution in [0.2, 0.25) is 0 Å². The average molecular weight is 297 g/mol. The van der Waals surface area contributed by atoms with Gasteiger partial charge in [0.05, 0.1) is 0 Å². The number of amides is 1. The zero-order valence-electron chi connectivity index (χ0n) is 14.0. The molecule has 1 N–H and O–H groups in total. The van der Waals surface area contributed by atoms with Gasteiger partial charge in [0, 0.05) is 38.8 Å². The highest BCUT2D eigenvalue weighted by Gasteiger charge is 2.29. The zero-order valence-corrected chi connectivity index (χ0v) is 14.0. The van der Waals surface area contributed by atoms with E-state index < -0.39 is 5.60 Å². The van der Waals surface area contributed by atoms with Gasteiger partial charge in [-0.2, -0.15) is 0 Å². The van der Waals surface area contributed by atoms with Gasteiger partial charge in [0.15, 0.2) is 0 Å². The highest BCUT2D eigenvalue weighted by molar-refractivity contribution is 5.68. The molecular weight excluding hydrogens is 266 g/mol. The minimum atomic E-state index is -0.415. The Labute approximate surface area is 129 Å². The fourth-order valence-corrected chi connectivity index (χ4v) is 3.24. The number of carbonyl (C=O) groups is 1. The molecule has 1 heterocycles. The second-order valence-corrected chi connectivity index (χ2v) is 7.63. The summed E-state index contributed by atoms with van der Waals surface area (Å²) < 4.78 is 5.33. The lowest BCUT2D eigenvalue weighted by atomic mass is 10.1. The Morgan fingerprint density at radius 2 is 1.86 bits per heavy atom. The Bertz CT molecular complexity index is 346. The summed E-state index contributed by atoms with van der Waals surface area (Å²) in [6, 6.07) is 0.289. The first-order valence-corrected chi connectivity index (χ1v) is 8.22. The summed E-state index contributed by atoms with van der Waals surface area (Å²) in [7, 11) is 2.19. The van der Waals surface area contributed by atoms with E-state index in [-0.39, 0.29) is 12.1 Å². The van der Waals surface area contributed by atoms with E-state index >= 15 is 0 Å². The lowest BCUT2D eigenvalue weighted by Crippen LogP contribution is -2.46. The number of carbonyl (C=O) groups excluding carboxylic acids is 1. The van der Waals surface area contributed by atoms with Crippen molar-refractivity contribution in [1.82, 2.24) is 15.1 Å². The summed E-state index contributed by atoms with van der Waals surface area (Å²) in [4.78, 5) is 16.8. The van der Waals surface area contributed by atoms with Crippen LogP contribution in [-0.4, -0.2) is 67.3 Å². The average Bonchev–Trinajstić information content (AvgIpc) is 2.77. The molecule has 2 fully saturated rings. The van der Waals surface area contributed by atoms with Crippen LogP contribution in [0, 0.1) is 5.92 Å². The van der Waals surface area contributed by atoms with E-state index in [1.54, 1.807) is 0 Å². The van der Waals surface area contributed by atoms with Crippen LogP contribution in [0.25, 0.3) is 0 Å². The van der Waals surface area contributed by atoms with E-state index in [1.165, 1.54) is 39.1 Å². The molecule has 0 bridgehead atoms. The topological polar surface area (TPSA) is 44.8 Å². The van der Waals surface area contributed by atoms with Crippen molar-refractivity contribution in [2.75, 3.05) is 39.8 Å². The van der Waals surface area contributed by atoms with Crippen molar-refractivity contribution >= 4 is 6.09 Å². The molecule has 2 aliphatic rings. The summed E-state index contributed by atoms with van der Waals surface area (Å²) in [6.45, 7) is 11.6. The maximum atomic E-state index is 11.8. The second-order valence-electron chi connectivity index (χ2n) is 7.63. The Morgan fingerprint density at radius 1 is 1.19 bits per heavy atom. The summed E-state index contributed by atoms with van der Waals surface area (Å²) in [5.41, 5.74) is -0.415. The number of ether oxygens (including phenoxy) is 1. The van der Waals surface area contributed by atoms with Gasteiger partial charge in [0.1, 0.15) is 5.60 Å². The highest BCUT2D eigenvalue weighted by atomic mass is 16.6. The van der Waals surface area contributed by atoms with E-state index in [0.29, 0.717) is 5.92 Å². The van der Waals surface area contributed by atoms with E-state index in [4.69, 9.17) is 4.74 Å². The molecule has 0 radical (unpaired) electrons. The molecule has 1 amide bonds. The normalized spacial score (nSPS) is 28.6. The van der Waals surface area contributed by atoms with Gasteiger partial charge in [-0.3, -0.25) is 0 Å². The summed E-state index contributed by atoms with van der Waals surface area (Å²) in [5, 5.41) is 3.02. The summed E-state index contributed by atoms with van der Waals surface area (Å²) in [6.07, 6.45) is 3.11. The molecule has 21 heavy (non-hydrogen) atoms. The molecule has 2 rings (SSSR count). The van der Waals surface area contributed by atoms with Crippen molar-refractivity contribution in [2.45, 2.75) is 51.7 Å². The lowest BCUT2D eigenvalue weighted by molar-refractivity contribution is 0.0503. The van der Waals surface area contributed by atoms with Crippen LogP contribution in [-0.2, 0) is 4.74 Å². The van der Waals surface area contributed by atoms with E-state index in [1.807, 2.05) is 20.8 Å². The number of alkyl carbamates (subject to hydrolysis) is 1. The van der Waals surface area contributed by atoms with Crippen LogP contribution in [0.4, 0.5) is 4.79 Å². The fraction of sp³-hybridized carbons (Fsp3) is 0.938. The number of hydrogen-bond donors (Lipinski definition) is 1. The van der Waals surface area contributed by atoms with Crippen molar-refractivity contribution in [3.05, 3.63) is 0 Å². The zero-order chi connectivity index (χ0) is 15.5. The van der Waals surface area contributed by atoms with E-state index in [2.05, 4.69) is 22.2 Å². The number of rotatable bonds is 3. The molecule has 122 valence electrons. The number of nitrogens with zero attached hydrogens (tertiary/aromatic N) is 2.